The highest BCUT2D eigenvalue weighted by atomic mass is 32.1. The number of carbonyl (C=O) groups is 1. The zero-order valence-electron chi connectivity index (χ0n) is 12.6. The van der Waals surface area contributed by atoms with Gasteiger partial charge in [-0.1, -0.05) is 0 Å². The zero-order valence-corrected chi connectivity index (χ0v) is 13.5. The van der Waals surface area contributed by atoms with Crippen LogP contribution >= 0.6 is 11.3 Å². The third kappa shape index (κ3) is 4.02. The summed E-state index contributed by atoms with van der Waals surface area (Å²) in [5.41, 5.74) is 3.98. The number of hydrogen-bond donors (Lipinski definition) is 2. The Morgan fingerprint density at radius 2 is 2.09 bits per heavy atom. The summed E-state index contributed by atoms with van der Waals surface area (Å²) >= 11 is 1.48. The Hall–Kier alpha value is -1.99. The second kappa shape index (κ2) is 7.33. The molecule has 2 N–H and O–H groups in total. The lowest BCUT2D eigenvalue weighted by Crippen LogP contribution is -2.36. The third-order valence-corrected chi connectivity index (χ3v) is 4.36. The highest BCUT2D eigenvalue weighted by Gasteiger charge is 2.17. The normalized spacial score (nSPS) is 12.0. The van der Waals surface area contributed by atoms with Gasteiger partial charge >= 0.3 is 6.03 Å². The van der Waals surface area contributed by atoms with E-state index in [4.69, 9.17) is 4.84 Å². The number of thiazole rings is 1. The van der Waals surface area contributed by atoms with Gasteiger partial charge in [-0.25, -0.2) is 19.6 Å². The molecule has 1 heterocycles. The van der Waals surface area contributed by atoms with Gasteiger partial charge in [0, 0.05) is 5.56 Å². The fourth-order valence-electron chi connectivity index (χ4n) is 1.96. The monoisotopic (exact) mass is 323 g/mol. The van der Waals surface area contributed by atoms with Crippen LogP contribution in [0.4, 0.5) is 9.18 Å². The molecule has 1 unspecified atom stereocenters. The molecule has 0 aliphatic rings. The highest BCUT2D eigenvalue weighted by Crippen LogP contribution is 2.31. The number of nitrogens with one attached hydrogen (secondary N) is 2. The van der Waals surface area contributed by atoms with Gasteiger partial charge in [-0.15, -0.1) is 11.3 Å². The smallest absolute Gasteiger partial charge is 0.329 e. The summed E-state index contributed by atoms with van der Waals surface area (Å²) in [6, 6.07) is 5.60. The van der Waals surface area contributed by atoms with Crippen LogP contribution in [0, 0.1) is 12.7 Å². The quantitative estimate of drug-likeness (QED) is 0.827. The van der Waals surface area contributed by atoms with Crippen molar-refractivity contribution in [3.8, 4) is 10.6 Å². The van der Waals surface area contributed by atoms with Crippen molar-refractivity contribution in [3.63, 3.8) is 0 Å². The summed E-state index contributed by atoms with van der Waals surface area (Å²) in [5.74, 6) is -0.278. The van der Waals surface area contributed by atoms with Crippen LogP contribution in [0.1, 0.15) is 30.5 Å². The van der Waals surface area contributed by atoms with E-state index in [9.17, 15) is 9.18 Å². The SMILES string of the molecule is CCONC(=O)NC(C)c1sc(-c2ccc(F)cc2)nc1C. The third-order valence-electron chi connectivity index (χ3n) is 2.97. The van der Waals surface area contributed by atoms with E-state index in [2.05, 4.69) is 15.8 Å². The number of aryl methyl sites for hydroxylation is 1. The zero-order chi connectivity index (χ0) is 16.1. The first-order valence-electron chi connectivity index (χ1n) is 6.92. The van der Waals surface area contributed by atoms with Gasteiger partial charge in [0.15, 0.2) is 0 Å². The van der Waals surface area contributed by atoms with Crippen LogP contribution in [0.5, 0.6) is 0 Å². The minimum absolute atomic E-state index is 0.202. The molecule has 7 heteroatoms. The molecule has 1 atom stereocenters. The maximum absolute atomic E-state index is 13.0. The Morgan fingerprint density at radius 3 is 2.73 bits per heavy atom. The lowest BCUT2D eigenvalue weighted by molar-refractivity contribution is 0.0697. The number of nitrogens with zero attached hydrogens (tertiary/aromatic N) is 1. The fraction of sp³-hybridized carbons (Fsp3) is 0.333. The van der Waals surface area contributed by atoms with Crippen LogP contribution in [-0.4, -0.2) is 17.6 Å². The van der Waals surface area contributed by atoms with E-state index >= 15 is 0 Å². The van der Waals surface area contributed by atoms with Gasteiger partial charge in [-0.05, 0) is 45.0 Å². The van der Waals surface area contributed by atoms with E-state index in [1.54, 1.807) is 19.1 Å². The van der Waals surface area contributed by atoms with E-state index < -0.39 is 6.03 Å². The Bertz CT molecular complexity index is 643. The molecule has 0 fully saturated rings. The van der Waals surface area contributed by atoms with Crippen LogP contribution in [0.2, 0.25) is 0 Å². The van der Waals surface area contributed by atoms with Crippen LogP contribution in [0.15, 0.2) is 24.3 Å². The van der Waals surface area contributed by atoms with Crippen LogP contribution < -0.4 is 10.8 Å². The van der Waals surface area contributed by atoms with Crippen molar-refractivity contribution < 1.29 is 14.0 Å². The maximum atomic E-state index is 13.0. The Labute approximate surface area is 132 Å². The molecule has 0 radical (unpaired) electrons. The largest absolute Gasteiger partial charge is 0.339 e. The molecule has 0 spiro atoms. The second-order valence-corrected chi connectivity index (χ2v) is 5.74. The van der Waals surface area contributed by atoms with Gasteiger partial charge in [0.05, 0.1) is 23.2 Å². The molecule has 22 heavy (non-hydrogen) atoms. The second-order valence-electron chi connectivity index (χ2n) is 4.71. The molecule has 1 aromatic heterocycles. The first kappa shape index (κ1) is 16.4. The molecule has 0 bridgehead atoms. The van der Waals surface area contributed by atoms with Crippen LogP contribution in [0.3, 0.4) is 0 Å². The van der Waals surface area contributed by atoms with Crippen molar-refractivity contribution in [3.05, 3.63) is 40.7 Å². The lowest BCUT2D eigenvalue weighted by atomic mass is 10.2. The number of urea groups is 1. The summed E-state index contributed by atoms with van der Waals surface area (Å²) in [6.07, 6.45) is 0. The van der Waals surface area contributed by atoms with Crippen molar-refractivity contribution in [1.82, 2.24) is 15.8 Å². The van der Waals surface area contributed by atoms with Gasteiger partial charge in [0.2, 0.25) is 0 Å². The first-order chi connectivity index (χ1) is 10.5. The number of benzene rings is 1. The van der Waals surface area contributed by atoms with E-state index in [0.29, 0.717) is 6.61 Å². The number of aromatic nitrogens is 1. The molecule has 118 valence electrons. The van der Waals surface area contributed by atoms with Crippen molar-refractivity contribution in [2.24, 2.45) is 0 Å². The number of carbonyl (C=O) groups excluding carboxylic acids is 1. The fourth-order valence-corrected chi connectivity index (χ4v) is 3.03. The van der Waals surface area contributed by atoms with Crippen LogP contribution in [-0.2, 0) is 4.84 Å². The molecule has 2 amide bonds. The minimum atomic E-state index is -0.398. The number of hydrogen-bond acceptors (Lipinski definition) is 4. The molecular weight excluding hydrogens is 305 g/mol. The molecule has 0 saturated heterocycles. The number of amides is 2. The summed E-state index contributed by atoms with van der Waals surface area (Å²) in [4.78, 5) is 21.9. The van der Waals surface area contributed by atoms with Gasteiger partial charge in [0.25, 0.3) is 0 Å². The highest BCUT2D eigenvalue weighted by molar-refractivity contribution is 7.15. The van der Waals surface area contributed by atoms with Crippen LogP contribution in [0.25, 0.3) is 10.6 Å². The van der Waals surface area contributed by atoms with Gasteiger partial charge < -0.3 is 5.32 Å². The standard InChI is InChI=1S/C15H18FN3O2S/c1-4-21-19-15(20)18-10(3)13-9(2)17-14(22-13)11-5-7-12(16)8-6-11/h5-8,10H,4H2,1-3H3,(H2,18,19,20). The molecule has 2 rings (SSSR count). The maximum Gasteiger partial charge on any atom is 0.339 e. The van der Waals surface area contributed by atoms with Gasteiger partial charge in [-0.3, -0.25) is 4.84 Å². The summed E-state index contributed by atoms with van der Waals surface area (Å²) < 4.78 is 13.0. The number of rotatable bonds is 5. The average molecular weight is 323 g/mol. The Balaban J connectivity index is 2.12. The van der Waals surface area contributed by atoms with E-state index in [0.717, 1.165) is 21.1 Å². The minimum Gasteiger partial charge on any atom is -0.329 e. The van der Waals surface area contributed by atoms with Crippen molar-refractivity contribution in [2.75, 3.05) is 6.61 Å². The van der Waals surface area contributed by atoms with Crippen molar-refractivity contribution >= 4 is 17.4 Å². The summed E-state index contributed by atoms with van der Waals surface area (Å²) in [6.45, 7) is 5.94. The molecule has 0 aliphatic heterocycles. The number of halogens is 1. The molecule has 0 aliphatic carbocycles. The first-order valence-corrected chi connectivity index (χ1v) is 7.74. The summed E-state index contributed by atoms with van der Waals surface area (Å²) in [7, 11) is 0. The molecular formula is C15H18FN3O2S. The van der Waals surface area contributed by atoms with Gasteiger partial charge in [-0.2, -0.15) is 0 Å². The average Bonchev–Trinajstić information content (AvgIpc) is 2.88. The Kier molecular flexibility index (Phi) is 5.46. The van der Waals surface area contributed by atoms with Gasteiger partial charge in [0.1, 0.15) is 10.8 Å². The molecule has 1 aromatic carbocycles. The van der Waals surface area contributed by atoms with Crippen molar-refractivity contribution in [2.45, 2.75) is 26.8 Å². The predicted molar refractivity (Wildman–Crippen MR) is 84.0 cm³/mol. The predicted octanol–water partition coefficient (Wildman–Crippen LogP) is 3.57. The number of hydroxylamine groups is 1. The molecule has 5 nitrogen and oxygen atoms in total. The lowest BCUT2D eigenvalue weighted by Gasteiger charge is -2.13. The topological polar surface area (TPSA) is 63.2 Å². The van der Waals surface area contributed by atoms with E-state index in [1.807, 2.05) is 13.8 Å². The molecule has 0 saturated carbocycles. The van der Waals surface area contributed by atoms with E-state index in [1.165, 1.54) is 23.5 Å². The molecule has 2 aromatic rings. The summed E-state index contributed by atoms with van der Waals surface area (Å²) in [5, 5.41) is 3.58. The van der Waals surface area contributed by atoms with Crippen molar-refractivity contribution in [1.29, 1.82) is 0 Å². The Morgan fingerprint density at radius 1 is 1.41 bits per heavy atom. The van der Waals surface area contributed by atoms with E-state index in [-0.39, 0.29) is 11.9 Å².